The van der Waals surface area contributed by atoms with Gasteiger partial charge in [0, 0.05) is 24.7 Å². The molecule has 0 spiro atoms. The van der Waals surface area contributed by atoms with Gasteiger partial charge in [0.25, 0.3) is 0 Å². The molecule has 1 N–H and O–H groups in total. The van der Waals surface area contributed by atoms with Crippen molar-refractivity contribution in [2.75, 3.05) is 38.2 Å². The van der Waals surface area contributed by atoms with Gasteiger partial charge in [-0.05, 0) is 19.1 Å². The Kier molecular flexibility index (Phi) is 5.16. The number of carbonyl (C=O) groups is 1. The van der Waals surface area contributed by atoms with Crippen LogP contribution < -0.4 is 5.32 Å². The van der Waals surface area contributed by atoms with Crippen molar-refractivity contribution < 1.29 is 22.5 Å². The molecule has 1 aliphatic heterocycles. The van der Waals surface area contributed by atoms with E-state index in [1.807, 2.05) is 0 Å². The fraction of sp³-hybridized carbons (Fsp3) is 0.375. The molecule has 1 aromatic heterocycles. The Bertz CT molecular complexity index is 856. The Hall–Kier alpha value is -2.23. The van der Waals surface area contributed by atoms with Gasteiger partial charge in [-0.15, -0.1) is 0 Å². The Morgan fingerprint density at radius 2 is 2.04 bits per heavy atom. The number of hydrogen-bond acceptors (Lipinski definition) is 7. The summed E-state index contributed by atoms with van der Waals surface area (Å²) in [5, 5.41) is 6.60. The zero-order valence-electron chi connectivity index (χ0n) is 13.8. The number of benzene rings is 1. The predicted octanol–water partition coefficient (Wildman–Crippen LogP) is 1.30. The SMILES string of the molecule is Cc1cc(NCC(=O)c2cccc(S(=O)(=O)N3CCOCC3)c2)no1. The number of morpholine rings is 1. The van der Waals surface area contributed by atoms with Crippen LogP contribution in [-0.2, 0) is 14.8 Å². The van der Waals surface area contributed by atoms with Crippen LogP contribution >= 0.6 is 0 Å². The third kappa shape index (κ3) is 4.06. The number of sulfonamides is 1. The van der Waals surface area contributed by atoms with Crippen molar-refractivity contribution in [1.29, 1.82) is 0 Å². The van der Waals surface area contributed by atoms with Crippen molar-refractivity contribution in [2.24, 2.45) is 0 Å². The number of ketones is 1. The molecule has 25 heavy (non-hydrogen) atoms. The van der Waals surface area contributed by atoms with E-state index in [9.17, 15) is 13.2 Å². The van der Waals surface area contributed by atoms with Crippen LogP contribution in [0.5, 0.6) is 0 Å². The number of Topliss-reactive ketones (excluding diaryl/α,β-unsaturated/α-hetero) is 1. The average molecular weight is 365 g/mol. The van der Waals surface area contributed by atoms with Crippen LogP contribution in [0.25, 0.3) is 0 Å². The standard InChI is InChI=1S/C16H19N3O5S/c1-12-9-16(18-24-12)17-11-15(20)13-3-2-4-14(10-13)25(21,22)19-5-7-23-8-6-19/h2-4,9-10H,5-8,11H2,1H3,(H,17,18). The first-order chi connectivity index (χ1) is 12.0. The Morgan fingerprint density at radius 1 is 1.28 bits per heavy atom. The molecule has 0 unspecified atom stereocenters. The van der Waals surface area contributed by atoms with Gasteiger partial charge < -0.3 is 14.6 Å². The third-order valence-electron chi connectivity index (χ3n) is 3.82. The fourth-order valence-electron chi connectivity index (χ4n) is 2.49. The van der Waals surface area contributed by atoms with Gasteiger partial charge in [0.15, 0.2) is 11.6 Å². The van der Waals surface area contributed by atoms with E-state index in [2.05, 4.69) is 10.5 Å². The monoisotopic (exact) mass is 365 g/mol. The van der Waals surface area contributed by atoms with E-state index in [4.69, 9.17) is 9.26 Å². The predicted molar refractivity (Wildman–Crippen MR) is 90.1 cm³/mol. The van der Waals surface area contributed by atoms with E-state index in [-0.39, 0.29) is 17.2 Å². The summed E-state index contributed by atoms with van der Waals surface area (Å²) >= 11 is 0. The lowest BCUT2D eigenvalue weighted by molar-refractivity contribution is 0.0730. The van der Waals surface area contributed by atoms with Crippen molar-refractivity contribution in [3.05, 3.63) is 41.7 Å². The first kappa shape index (κ1) is 17.6. The molecule has 0 saturated carbocycles. The lowest BCUT2D eigenvalue weighted by atomic mass is 10.1. The fourth-order valence-corrected chi connectivity index (χ4v) is 3.94. The summed E-state index contributed by atoms with van der Waals surface area (Å²) < 4.78 is 36.8. The lowest BCUT2D eigenvalue weighted by Crippen LogP contribution is -2.40. The van der Waals surface area contributed by atoms with Crippen molar-refractivity contribution in [2.45, 2.75) is 11.8 Å². The van der Waals surface area contributed by atoms with E-state index < -0.39 is 10.0 Å². The number of aromatic nitrogens is 1. The van der Waals surface area contributed by atoms with Crippen LogP contribution in [0.4, 0.5) is 5.82 Å². The maximum absolute atomic E-state index is 12.7. The molecule has 1 fully saturated rings. The molecular formula is C16H19N3O5S. The van der Waals surface area contributed by atoms with Crippen molar-refractivity contribution in [3.8, 4) is 0 Å². The number of anilines is 1. The molecule has 0 amide bonds. The van der Waals surface area contributed by atoms with Crippen LogP contribution in [0.2, 0.25) is 0 Å². The van der Waals surface area contributed by atoms with Crippen molar-refractivity contribution >= 4 is 21.6 Å². The summed E-state index contributed by atoms with van der Waals surface area (Å²) in [7, 11) is -3.63. The number of nitrogens with zero attached hydrogens (tertiary/aromatic N) is 2. The lowest BCUT2D eigenvalue weighted by Gasteiger charge is -2.26. The minimum Gasteiger partial charge on any atom is -0.379 e. The van der Waals surface area contributed by atoms with Gasteiger partial charge in [-0.1, -0.05) is 17.3 Å². The molecular weight excluding hydrogens is 346 g/mol. The normalized spacial score (nSPS) is 15.9. The summed E-state index contributed by atoms with van der Waals surface area (Å²) in [6.45, 7) is 3.12. The van der Waals surface area contributed by atoms with Crippen LogP contribution in [0.3, 0.4) is 0 Å². The van der Waals surface area contributed by atoms with E-state index >= 15 is 0 Å². The first-order valence-corrected chi connectivity index (χ1v) is 9.29. The van der Waals surface area contributed by atoms with E-state index in [1.54, 1.807) is 25.1 Å². The average Bonchev–Trinajstić information content (AvgIpc) is 3.06. The van der Waals surface area contributed by atoms with Gasteiger partial charge in [0.1, 0.15) is 5.76 Å². The molecule has 8 nitrogen and oxygen atoms in total. The van der Waals surface area contributed by atoms with E-state index in [1.165, 1.54) is 16.4 Å². The molecule has 1 aliphatic rings. The number of aryl methyl sites for hydroxylation is 1. The molecule has 0 bridgehead atoms. The number of carbonyl (C=O) groups excluding carboxylic acids is 1. The highest BCUT2D eigenvalue weighted by Gasteiger charge is 2.26. The number of ether oxygens (including phenoxy) is 1. The van der Waals surface area contributed by atoms with Gasteiger partial charge in [0.2, 0.25) is 10.0 Å². The van der Waals surface area contributed by atoms with Gasteiger partial charge in [-0.25, -0.2) is 8.42 Å². The highest BCUT2D eigenvalue weighted by atomic mass is 32.2. The summed E-state index contributed by atoms with van der Waals surface area (Å²) in [6, 6.07) is 7.74. The molecule has 1 aromatic carbocycles. The van der Waals surface area contributed by atoms with Crippen LogP contribution in [-0.4, -0.2) is 56.5 Å². The molecule has 0 aliphatic carbocycles. The largest absolute Gasteiger partial charge is 0.379 e. The Labute approximate surface area is 145 Å². The van der Waals surface area contributed by atoms with Crippen molar-refractivity contribution in [1.82, 2.24) is 9.46 Å². The molecule has 2 heterocycles. The van der Waals surface area contributed by atoms with Gasteiger partial charge in [0.05, 0.1) is 24.7 Å². The van der Waals surface area contributed by atoms with Gasteiger partial charge >= 0.3 is 0 Å². The Balaban J connectivity index is 1.73. The smallest absolute Gasteiger partial charge is 0.243 e. The maximum atomic E-state index is 12.7. The Morgan fingerprint density at radius 3 is 2.72 bits per heavy atom. The maximum Gasteiger partial charge on any atom is 0.243 e. The minimum atomic E-state index is -3.63. The first-order valence-electron chi connectivity index (χ1n) is 7.85. The number of hydrogen-bond donors (Lipinski definition) is 1. The number of rotatable bonds is 6. The van der Waals surface area contributed by atoms with Gasteiger partial charge in [-0.3, -0.25) is 4.79 Å². The summed E-state index contributed by atoms with van der Waals surface area (Å²) in [5.41, 5.74) is 0.321. The highest BCUT2D eigenvalue weighted by molar-refractivity contribution is 7.89. The van der Waals surface area contributed by atoms with Crippen molar-refractivity contribution in [3.63, 3.8) is 0 Å². The topological polar surface area (TPSA) is 102 Å². The highest BCUT2D eigenvalue weighted by Crippen LogP contribution is 2.19. The summed E-state index contributed by atoms with van der Waals surface area (Å²) in [6.07, 6.45) is 0. The quantitative estimate of drug-likeness (QED) is 0.770. The second-order valence-electron chi connectivity index (χ2n) is 5.64. The molecule has 0 atom stereocenters. The molecule has 1 saturated heterocycles. The number of nitrogens with one attached hydrogen (secondary N) is 1. The zero-order valence-corrected chi connectivity index (χ0v) is 14.6. The van der Waals surface area contributed by atoms with Gasteiger partial charge in [-0.2, -0.15) is 4.31 Å². The second kappa shape index (κ2) is 7.34. The second-order valence-corrected chi connectivity index (χ2v) is 7.58. The summed E-state index contributed by atoms with van der Waals surface area (Å²) in [4.78, 5) is 12.4. The molecule has 3 rings (SSSR count). The van der Waals surface area contributed by atoms with E-state index in [0.29, 0.717) is 43.4 Å². The molecule has 2 aromatic rings. The van der Waals surface area contributed by atoms with Crippen LogP contribution in [0.15, 0.2) is 39.8 Å². The van der Waals surface area contributed by atoms with Crippen LogP contribution in [0.1, 0.15) is 16.1 Å². The third-order valence-corrected chi connectivity index (χ3v) is 5.72. The minimum absolute atomic E-state index is 0.00692. The molecule has 0 radical (unpaired) electrons. The molecule has 134 valence electrons. The molecule has 9 heteroatoms. The van der Waals surface area contributed by atoms with E-state index in [0.717, 1.165) is 0 Å². The zero-order chi connectivity index (χ0) is 17.9. The van der Waals surface area contributed by atoms with Crippen LogP contribution in [0, 0.1) is 6.92 Å². The summed E-state index contributed by atoms with van der Waals surface area (Å²) in [5.74, 6) is 0.858.